The summed E-state index contributed by atoms with van der Waals surface area (Å²) >= 11 is 2.76. The number of aryl methyl sites for hydroxylation is 2. The van der Waals surface area contributed by atoms with Crippen molar-refractivity contribution in [3.8, 4) is 0 Å². The van der Waals surface area contributed by atoms with E-state index in [1.54, 1.807) is 11.5 Å². The highest BCUT2D eigenvalue weighted by Gasteiger charge is 2.23. The van der Waals surface area contributed by atoms with Crippen LogP contribution in [0.4, 0.5) is 4.39 Å². The molecule has 1 atom stereocenters. The minimum Gasteiger partial charge on any atom is -0.293 e. The lowest BCUT2D eigenvalue weighted by Gasteiger charge is -2.17. The van der Waals surface area contributed by atoms with Gasteiger partial charge in [-0.2, -0.15) is 0 Å². The first-order valence-electron chi connectivity index (χ1n) is 8.69. The van der Waals surface area contributed by atoms with Crippen molar-refractivity contribution in [2.45, 2.75) is 51.1 Å². The molecule has 3 aromatic rings. The Morgan fingerprint density at radius 3 is 2.41 bits per heavy atom. The van der Waals surface area contributed by atoms with Crippen molar-refractivity contribution >= 4 is 39.1 Å². The van der Waals surface area contributed by atoms with Crippen molar-refractivity contribution in [3.05, 3.63) is 56.4 Å². The zero-order chi connectivity index (χ0) is 19.9. The largest absolute Gasteiger partial charge is 0.293 e. The molecular formula is C20H21FN2O2S2. The Kier molecular flexibility index (Phi) is 5.53. The van der Waals surface area contributed by atoms with Crippen LogP contribution < -0.4 is 5.56 Å². The van der Waals surface area contributed by atoms with E-state index >= 15 is 0 Å². The van der Waals surface area contributed by atoms with Gasteiger partial charge >= 0.3 is 0 Å². The number of hydrogen-bond acceptors (Lipinski definition) is 5. The highest BCUT2D eigenvalue weighted by molar-refractivity contribution is 8.00. The van der Waals surface area contributed by atoms with Gasteiger partial charge in [0.15, 0.2) is 10.9 Å². The standard InChI is InChI=1S/C20H21FN2O2S2/c1-10(2)23-19(25)16-11(3)12(4)26-18(16)22-20(23)27-13(5)17(24)14-6-8-15(21)9-7-14/h6-10,13H,1-5H3. The van der Waals surface area contributed by atoms with Crippen LogP contribution in [-0.2, 0) is 0 Å². The average Bonchev–Trinajstić information content (AvgIpc) is 2.89. The van der Waals surface area contributed by atoms with E-state index in [9.17, 15) is 14.0 Å². The van der Waals surface area contributed by atoms with Gasteiger partial charge in [0.05, 0.1) is 10.6 Å². The second-order valence-corrected chi connectivity index (χ2v) is 9.27. The first-order chi connectivity index (χ1) is 12.7. The van der Waals surface area contributed by atoms with E-state index in [1.807, 2.05) is 27.7 Å². The third-order valence-electron chi connectivity index (χ3n) is 4.50. The number of benzene rings is 1. The van der Waals surface area contributed by atoms with Gasteiger partial charge in [-0.3, -0.25) is 14.2 Å². The van der Waals surface area contributed by atoms with E-state index in [0.29, 0.717) is 20.9 Å². The lowest BCUT2D eigenvalue weighted by molar-refractivity contribution is 0.0993. The van der Waals surface area contributed by atoms with Crippen LogP contribution in [0.1, 0.15) is 47.6 Å². The highest BCUT2D eigenvalue weighted by Crippen LogP contribution is 2.31. The Hall–Kier alpha value is -1.99. The first kappa shape index (κ1) is 19.8. The van der Waals surface area contributed by atoms with E-state index in [2.05, 4.69) is 0 Å². The number of nitrogens with zero attached hydrogens (tertiary/aromatic N) is 2. The van der Waals surface area contributed by atoms with Crippen LogP contribution in [-0.4, -0.2) is 20.6 Å². The summed E-state index contributed by atoms with van der Waals surface area (Å²) in [5.74, 6) is -0.501. The minimum atomic E-state index is -0.452. The molecule has 0 N–H and O–H groups in total. The second kappa shape index (κ2) is 7.56. The number of rotatable bonds is 5. The molecule has 142 valence electrons. The smallest absolute Gasteiger partial charge is 0.263 e. The minimum absolute atomic E-state index is 0.0687. The van der Waals surface area contributed by atoms with Crippen LogP contribution in [0.3, 0.4) is 0 Å². The van der Waals surface area contributed by atoms with Gasteiger partial charge in [0.2, 0.25) is 0 Å². The van der Waals surface area contributed by atoms with Crippen molar-refractivity contribution < 1.29 is 9.18 Å². The molecule has 0 aliphatic heterocycles. The van der Waals surface area contributed by atoms with E-state index in [0.717, 1.165) is 10.4 Å². The number of halogens is 1. The lowest BCUT2D eigenvalue weighted by atomic mass is 10.1. The van der Waals surface area contributed by atoms with Gasteiger partial charge in [-0.1, -0.05) is 11.8 Å². The molecule has 7 heteroatoms. The summed E-state index contributed by atoms with van der Waals surface area (Å²) in [6.07, 6.45) is 0. The van der Waals surface area contributed by atoms with Gasteiger partial charge in [-0.15, -0.1) is 11.3 Å². The fourth-order valence-electron chi connectivity index (χ4n) is 2.89. The summed E-state index contributed by atoms with van der Waals surface area (Å²) in [4.78, 5) is 32.2. The van der Waals surface area contributed by atoms with Gasteiger partial charge < -0.3 is 0 Å². The Balaban J connectivity index is 2.03. The molecule has 0 radical (unpaired) electrons. The molecule has 0 saturated carbocycles. The molecule has 0 spiro atoms. The number of fused-ring (bicyclic) bond motifs is 1. The maximum atomic E-state index is 13.1. The molecule has 0 saturated heterocycles. The molecule has 4 nitrogen and oxygen atoms in total. The van der Waals surface area contributed by atoms with Crippen molar-refractivity contribution in [1.82, 2.24) is 9.55 Å². The predicted molar refractivity (Wildman–Crippen MR) is 110 cm³/mol. The van der Waals surface area contributed by atoms with Gasteiger partial charge in [-0.25, -0.2) is 9.37 Å². The molecule has 2 aromatic heterocycles. The van der Waals surface area contributed by atoms with Crippen molar-refractivity contribution in [2.24, 2.45) is 0 Å². The van der Waals surface area contributed by atoms with E-state index in [4.69, 9.17) is 4.98 Å². The number of ketones is 1. The molecule has 0 amide bonds. The first-order valence-corrected chi connectivity index (χ1v) is 10.4. The number of hydrogen-bond donors (Lipinski definition) is 0. The fraction of sp³-hybridized carbons (Fsp3) is 0.350. The molecule has 1 aromatic carbocycles. The van der Waals surface area contributed by atoms with Crippen molar-refractivity contribution in [3.63, 3.8) is 0 Å². The molecule has 0 aliphatic carbocycles. The topological polar surface area (TPSA) is 52.0 Å². The Morgan fingerprint density at radius 1 is 1.19 bits per heavy atom. The predicted octanol–water partition coefficient (Wildman–Crippen LogP) is 5.16. The normalized spacial score (nSPS) is 12.7. The SMILES string of the molecule is Cc1sc2nc(SC(C)C(=O)c3ccc(F)cc3)n(C(C)C)c(=O)c2c1C. The maximum absolute atomic E-state index is 13.1. The van der Waals surface area contributed by atoms with Crippen molar-refractivity contribution in [1.29, 1.82) is 0 Å². The fourth-order valence-corrected chi connectivity index (χ4v) is 5.07. The van der Waals surface area contributed by atoms with Crippen LogP contribution in [0, 0.1) is 19.7 Å². The number of Topliss-reactive ketones (excluding diaryl/α,β-unsaturated/α-hetero) is 1. The monoisotopic (exact) mass is 404 g/mol. The van der Waals surface area contributed by atoms with Crippen LogP contribution >= 0.6 is 23.1 Å². The lowest BCUT2D eigenvalue weighted by Crippen LogP contribution is -2.26. The number of carbonyl (C=O) groups excluding carboxylic acids is 1. The molecule has 27 heavy (non-hydrogen) atoms. The maximum Gasteiger partial charge on any atom is 0.263 e. The molecule has 0 aliphatic rings. The average molecular weight is 405 g/mol. The number of thioether (sulfide) groups is 1. The highest BCUT2D eigenvalue weighted by atomic mass is 32.2. The van der Waals surface area contributed by atoms with Crippen LogP contribution in [0.15, 0.2) is 34.2 Å². The van der Waals surface area contributed by atoms with E-state index in [1.165, 1.54) is 47.4 Å². The number of aromatic nitrogens is 2. The van der Waals surface area contributed by atoms with Gasteiger partial charge in [0.1, 0.15) is 10.6 Å². The summed E-state index contributed by atoms with van der Waals surface area (Å²) in [5, 5.41) is 0.742. The van der Waals surface area contributed by atoms with Crippen LogP contribution in [0.2, 0.25) is 0 Å². The van der Waals surface area contributed by atoms with Gasteiger partial charge in [0.25, 0.3) is 5.56 Å². The molecule has 2 heterocycles. The van der Waals surface area contributed by atoms with Crippen molar-refractivity contribution in [2.75, 3.05) is 0 Å². The zero-order valence-corrected chi connectivity index (χ0v) is 17.5. The zero-order valence-electron chi connectivity index (χ0n) is 15.9. The number of thiophene rings is 1. The Morgan fingerprint density at radius 2 is 1.81 bits per heavy atom. The summed E-state index contributed by atoms with van der Waals surface area (Å²) < 4.78 is 14.8. The van der Waals surface area contributed by atoms with Gasteiger partial charge in [-0.05, 0) is 64.4 Å². The quantitative estimate of drug-likeness (QED) is 0.335. The van der Waals surface area contributed by atoms with Crippen LogP contribution in [0.5, 0.6) is 0 Å². The Labute approximate surface area is 165 Å². The van der Waals surface area contributed by atoms with E-state index < -0.39 is 5.25 Å². The van der Waals surface area contributed by atoms with Gasteiger partial charge in [0, 0.05) is 16.5 Å². The third-order valence-corrected chi connectivity index (χ3v) is 6.67. The molecular weight excluding hydrogens is 383 g/mol. The third kappa shape index (κ3) is 3.71. The summed E-state index contributed by atoms with van der Waals surface area (Å²) in [7, 11) is 0. The summed E-state index contributed by atoms with van der Waals surface area (Å²) in [5.41, 5.74) is 1.34. The summed E-state index contributed by atoms with van der Waals surface area (Å²) in [6, 6.07) is 5.43. The van der Waals surface area contributed by atoms with Crippen LogP contribution in [0.25, 0.3) is 10.2 Å². The molecule has 0 bridgehead atoms. The molecule has 0 fully saturated rings. The van der Waals surface area contributed by atoms with E-state index in [-0.39, 0.29) is 23.2 Å². The number of carbonyl (C=O) groups is 1. The second-order valence-electron chi connectivity index (χ2n) is 6.76. The molecule has 1 unspecified atom stereocenters. The summed E-state index contributed by atoms with van der Waals surface area (Å²) in [6.45, 7) is 9.56. The molecule has 3 rings (SSSR count). The Bertz CT molecular complexity index is 1070.